The van der Waals surface area contributed by atoms with Crippen molar-refractivity contribution in [2.45, 2.75) is 12.8 Å². The number of hydrogen-bond donors (Lipinski definition) is 1. The lowest BCUT2D eigenvalue weighted by Crippen LogP contribution is -2.46. The number of carbonyl (C=O) groups is 1. The summed E-state index contributed by atoms with van der Waals surface area (Å²) < 4.78 is 3.13. The number of fused-ring (bicyclic) bond motifs is 1. The predicted octanol–water partition coefficient (Wildman–Crippen LogP) is 3.06. The standard InChI is InChI=1S/C23H28BrN5O/c1-27-14-16-28(17-15-27)13-11-25-22(30)10-9-20-23(18-5-7-19(24)8-6-18)26-21-4-2-3-12-29(20)21/h2-8,12H,9-11,13-17H2,1H3,(H,25,30). The summed E-state index contributed by atoms with van der Waals surface area (Å²) in [6.07, 6.45) is 3.12. The zero-order valence-electron chi connectivity index (χ0n) is 17.4. The van der Waals surface area contributed by atoms with Crippen LogP contribution < -0.4 is 5.32 Å². The molecule has 0 spiro atoms. The van der Waals surface area contributed by atoms with E-state index in [1.165, 1.54) is 0 Å². The van der Waals surface area contributed by atoms with E-state index in [0.29, 0.717) is 19.4 Å². The number of nitrogens with one attached hydrogen (secondary N) is 1. The fraction of sp³-hybridized carbons (Fsp3) is 0.391. The lowest BCUT2D eigenvalue weighted by atomic mass is 10.1. The minimum atomic E-state index is 0.0942. The van der Waals surface area contributed by atoms with Gasteiger partial charge in [0.05, 0.1) is 11.4 Å². The molecule has 0 saturated carbocycles. The highest BCUT2D eigenvalue weighted by Gasteiger charge is 2.16. The SMILES string of the molecule is CN1CCN(CCNC(=O)CCc2c(-c3ccc(Br)cc3)nc3ccccn23)CC1. The van der Waals surface area contributed by atoms with Crippen LogP contribution in [0.3, 0.4) is 0 Å². The highest BCUT2D eigenvalue weighted by molar-refractivity contribution is 9.10. The number of pyridine rings is 1. The number of halogens is 1. The van der Waals surface area contributed by atoms with Crippen molar-refractivity contribution in [3.63, 3.8) is 0 Å². The van der Waals surface area contributed by atoms with E-state index in [1.54, 1.807) is 0 Å². The van der Waals surface area contributed by atoms with Gasteiger partial charge in [-0.3, -0.25) is 9.69 Å². The van der Waals surface area contributed by atoms with Crippen LogP contribution in [0.2, 0.25) is 0 Å². The summed E-state index contributed by atoms with van der Waals surface area (Å²) in [4.78, 5) is 22.1. The molecule has 6 nitrogen and oxygen atoms in total. The van der Waals surface area contributed by atoms with E-state index in [2.05, 4.69) is 54.6 Å². The lowest BCUT2D eigenvalue weighted by Gasteiger charge is -2.32. The second-order valence-corrected chi connectivity index (χ2v) is 8.75. The van der Waals surface area contributed by atoms with Gasteiger partial charge in [0.15, 0.2) is 0 Å². The predicted molar refractivity (Wildman–Crippen MR) is 124 cm³/mol. The quantitative estimate of drug-likeness (QED) is 0.577. The van der Waals surface area contributed by atoms with Crippen molar-refractivity contribution in [3.8, 4) is 11.3 Å². The Labute approximate surface area is 186 Å². The number of imidazole rings is 1. The number of carbonyl (C=O) groups excluding carboxylic acids is 1. The number of aryl methyl sites for hydroxylation is 1. The number of nitrogens with zero attached hydrogens (tertiary/aromatic N) is 4. The van der Waals surface area contributed by atoms with E-state index in [-0.39, 0.29) is 5.91 Å². The van der Waals surface area contributed by atoms with Crippen molar-refractivity contribution in [3.05, 3.63) is 58.8 Å². The molecule has 3 heterocycles. The first kappa shape index (κ1) is 21.0. The zero-order valence-corrected chi connectivity index (χ0v) is 18.9. The van der Waals surface area contributed by atoms with E-state index < -0.39 is 0 Å². The topological polar surface area (TPSA) is 52.9 Å². The number of amides is 1. The molecule has 1 N–H and O–H groups in total. The van der Waals surface area contributed by atoms with Crippen LogP contribution in [0.1, 0.15) is 12.1 Å². The summed E-state index contributed by atoms with van der Waals surface area (Å²) >= 11 is 3.49. The molecule has 2 aromatic heterocycles. The Kier molecular flexibility index (Phi) is 6.82. The van der Waals surface area contributed by atoms with Crippen LogP contribution >= 0.6 is 15.9 Å². The van der Waals surface area contributed by atoms with Gasteiger partial charge in [-0.05, 0) is 37.7 Å². The average molecular weight is 470 g/mol. The first-order valence-corrected chi connectivity index (χ1v) is 11.3. The monoisotopic (exact) mass is 469 g/mol. The third kappa shape index (κ3) is 5.09. The summed E-state index contributed by atoms with van der Waals surface area (Å²) in [5, 5.41) is 3.09. The third-order valence-corrected chi connectivity index (χ3v) is 6.21. The number of aromatic nitrogens is 2. The van der Waals surface area contributed by atoms with Gasteiger partial charge >= 0.3 is 0 Å². The van der Waals surface area contributed by atoms with E-state index in [1.807, 2.05) is 36.5 Å². The minimum Gasteiger partial charge on any atom is -0.355 e. The van der Waals surface area contributed by atoms with Crippen molar-refractivity contribution in [1.29, 1.82) is 0 Å². The first-order chi connectivity index (χ1) is 14.6. The molecule has 0 bridgehead atoms. The highest BCUT2D eigenvalue weighted by Crippen LogP contribution is 2.26. The molecule has 30 heavy (non-hydrogen) atoms. The number of benzene rings is 1. The van der Waals surface area contributed by atoms with E-state index in [0.717, 1.165) is 59.8 Å². The van der Waals surface area contributed by atoms with Crippen LogP contribution in [0.4, 0.5) is 0 Å². The molecule has 0 radical (unpaired) electrons. The molecule has 1 aliphatic rings. The maximum absolute atomic E-state index is 12.5. The van der Waals surface area contributed by atoms with Crippen LogP contribution in [0.15, 0.2) is 53.1 Å². The zero-order chi connectivity index (χ0) is 20.9. The molecular weight excluding hydrogens is 442 g/mol. The molecule has 0 unspecified atom stereocenters. The Hall–Kier alpha value is -2.22. The van der Waals surface area contributed by atoms with Gasteiger partial charge in [-0.25, -0.2) is 4.98 Å². The van der Waals surface area contributed by atoms with Crippen LogP contribution in [-0.4, -0.2) is 71.4 Å². The molecule has 158 valence electrons. The van der Waals surface area contributed by atoms with Gasteiger partial charge < -0.3 is 14.6 Å². The molecule has 4 rings (SSSR count). The lowest BCUT2D eigenvalue weighted by molar-refractivity contribution is -0.121. The van der Waals surface area contributed by atoms with Gasteiger partial charge in [-0.1, -0.05) is 34.1 Å². The molecule has 0 aliphatic carbocycles. The molecule has 1 aliphatic heterocycles. The first-order valence-electron chi connectivity index (χ1n) is 10.5. The minimum absolute atomic E-state index is 0.0942. The van der Waals surface area contributed by atoms with E-state index in [4.69, 9.17) is 4.98 Å². The van der Waals surface area contributed by atoms with Crippen molar-refractivity contribution in [1.82, 2.24) is 24.5 Å². The van der Waals surface area contributed by atoms with Gasteiger partial charge in [0.2, 0.25) is 5.91 Å². The Morgan fingerprint density at radius 1 is 1.10 bits per heavy atom. The van der Waals surface area contributed by atoms with Gasteiger partial charge in [0.25, 0.3) is 0 Å². The number of rotatable bonds is 7. The van der Waals surface area contributed by atoms with Crippen LogP contribution in [0, 0.1) is 0 Å². The molecule has 1 aromatic carbocycles. The second-order valence-electron chi connectivity index (χ2n) is 7.84. The van der Waals surface area contributed by atoms with Crippen molar-refractivity contribution < 1.29 is 4.79 Å². The Morgan fingerprint density at radius 2 is 1.87 bits per heavy atom. The highest BCUT2D eigenvalue weighted by atomic mass is 79.9. The second kappa shape index (κ2) is 9.73. The van der Waals surface area contributed by atoms with Gasteiger partial charge in [-0.2, -0.15) is 0 Å². The molecular formula is C23H28BrN5O. The van der Waals surface area contributed by atoms with Crippen molar-refractivity contribution in [2.24, 2.45) is 0 Å². The summed E-state index contributed by atoms with van der Waals surface area (Å²) in [7, 11) is 2.15. The molecule has 0 atom stereocenters. The Morgan fingerprint density at radius 3 is 2.63 bits per heavy atom. The fourth-order valence-corrected chi connectivity index (χ4v) is 4.13. The fourth-order valence-electron chi connectivity index (χ4n) is 3.87. The molecule has 1 amide bonds. The van der Waals surface area contributed by atoms with E-state index in [9.17, 15) is 4.79 Å². The summed E-state index contributed by atoms with van der Waals surface area (Å²) in [5.74, 6) is 0.0942. The third-order valence-electron chi connectivity index (χ3n) is 5.68. The van der Waals surface area contributed by atoms with Gasteiger partial charge in [0.1, 0.15) is 5.65 Å². The Bertz CT molecular complexity index is 993. The number of likely N-dealkylation sites (N-methyl/N-ethyl adjacent to an activating group) is 1. The van der Waals surface area contributed by atoms with Gasteiger partial charge in [0, 0.05) is 61.9 Å². The summed E-state index contributed by atoms with van der Waals surface area (Å²) in [6.45, 7) is 5.96. The smallest absolute Gasteiger partial charge is 0.220 e. The largest absolute Gasteiger partial charge is 0.355 e. The molecule has 3 aromatic rings. The number of hydrogen-bond acceptors (Lipinski definition) is 4. The average Bonchev–Trinajstić information content (AvgIpc) is 3.13. The molecule has 7 heteroatoms. The van der Waals surface area contributed by atoms with Crippen LogP contribution in [0.5, 0.6) is 0 Å². The van der Waals surface area contributed by atoms with Crippen molar-refractivity contribution >= 4 is 27.5 Å². The summed E-state index contributed by atoms with van der Waals surface area (Å²) in [5.41, 5.74) is 3.98. The van der Waals surface area contributed by atoms with Gasteiger partial charge in [-0.15, -0.1) is 0 Å². The van der Waals surface area contributed by atoms with Crippen molar-refractivity contribution in [2.75, 3.05) is 46.3 Å². The maximum Gasteiger partial charge on any atom is 0.220 e. The Balaban J connectivity index is 1.39. The van der Waals surface area contributed by atoms with Crippen LogP contribution in [0.25, 0.3) is 16.9 Å². The number of piperazine rings is 1. The normalized spacial score (nSPS) is 15.5. The maximum atomic E-state index is 12.5. The molecule has 1 saturated heterocycles. The molecule has 1 fully saturated rings. The van der Waals surface area contributed by atoms with E-state index >= 15 is 0 Å². The van der Waals surface area contributed by atoms with Crippen LogP contribution in [-0.2, 0) is 11.2 Å². The summed E-state index contributed by atoms with van der Waals surface area (Å²) in [6, 6.07) is 14.2.